The van der Waals surface area contributed by atoms with Gasteiger partial charge < -0.3 is 10.5 Å². The van der Waals surface area contributed by atoms with Gasteiger partial charge in [0, 0.05) is 5.69 Å². The molecule has 0 aliphatic carbocycles. The summed E-state index contributed by atoms with van der Waals surface area (Å²) in [5, 5.41) is 0. The van der Waals surface area contributed by atoms with Gasteiger partial charge in [-0.05, 0) is 37.5 Å². The van der Waals surface area contributed by atoms with Crippen molar-refractivity contribution in [2.45, 2.75) is 39.5 Å². The first kappa shape index (κ1) is 16.3. The first-order valence-electron chi connectivity index (χ1n) is 6.29. The van der Waals surface area contributed by atoms with Crippen LogP contribution in [0.15, 0.2) is 18.2 Å². The minimum atomic E-state index is -4.48. The van der Waals surface area contributed by atoms with Crippen molar-refractivity contribution in [2.24, 2.45) is 5.92 Å². The van der Waals surface area contributed by atoms with Gasteiger partial charge in [-0.15, -0.1) is 0 Å². The van der Waals surface area contributed by atoms with Crippen LogP contribution in [0.25, 0.3) is 0 Å². The van der Waals surface area contributed by atoms with E-state index in [9.17, 15) is 18.0 Å². The van der Waals surface area contributed by atoms with Crippen LogP contribution in [0.5, 0.6) is 0 Å². The van der Waals surface area contributed by atoms with Crippen molar-refractivity contribution < 1.29 is 22.7 Å². The first-order valence-corrected chi connectivity index (χ1v) is 6.29. The van der Waals surface area contributed by atoms with E-state index in [1.54, 1.807) is 6.92 Å². The van der Waals surface area contributed by atoms with Gasteiger partial charge in [0.15, 0.2) is 0 Å². The van der Waals surface area contributed by atoms with Crippen LogP contribution in [-0.4, -0.2) is 12.1 Å². The van der Waals surface area contributed by atoms with Crippen LogP contribution in [0, 0.1) is 5.92 Å². The molecule has 20 heavy (non-hydrogen) atoms. The lowest BCUT2D eigenvalue weighted by Gasteiger charge is -2.16. The second kappa shape index (κ2) is 6.15. The van der Waals surface area contributed by atoms with Crippen molar-refractivity contribution in [3.05, 3.63) is 29.3 Å². The highest BCUT2D eigenvalue weighted by Gasteiger charge is 2.31. The van der Waals surface area contributed by atoms with E-state index >= 15 is 0 Å². The highest BCUT2D eigenvalue weighted by atomic mass is 19.4. The summed E-state index contributed by atoms with van der Waals surface area (Å²) < 4.78 is 42.6. The van der Waals surface area contributed by atoms with Gasteiger partial charge in [0.25, 0.3) is 0 Å². The Morgan fingerprint density at radius 2 is 1.90 bits per heavy atom. The van der Waals surface area contributed by atoms with E-state index < -0.39 is 17.7 Å². The number of nitrogen functional groups attached to an aromatic ring is 1. The third kappa shape index (κ3) is 4.43. The summed E-state index contributed by atoms with van der Waals surface area (Å²) in [6, 6.07) is 2.60. The molecule has 6 heteroatoms. The Bertz CT molecular complexity index is 484. The molecule has 2 N–H and O–H groups in total. The van der Waals surface area contributed by atoms with Gasteiger partial charge >= 0.3 is 12.1 Å². The van der Waals surface area contributed by atoms with E-state index in [2.05, 4.69) is 0 Å². The van der Waals surface area contributed by atoms with Crippen molar-refractivity contribution in [2.75, 3.05) is 5.73 Å². The monoisotopic (exact) mass is 289 g/mol. The fourth-order valence-electron chi connectivity index (χ4n) is 1.88. The van der Waals surface area contributed by atoms with E-state index in [0.29, 0.717) is 12.3 Å². The number of hydrogen-bond donors (Lipinski definition) is 1. The standard InChI is InChI=1S/C14H18F3NO2/c1-8(2)6-9(3)20-13(19)11-5-4-10(7-12(11)18)14(15,16)17/h4-5,7-9H,6,18H2,1-3H3. The Kier molecular flexibility index (Phi) is 5.03. The molecule has 1 aromatic carbocycles. The van der Waals surface area contributed by atoms with E-state index in [1.807, 2.05) is 13.8 Å². The molecule has 1 rings (SSSR count). The summed E-state index contributed by atoms with van der Waals surface area (Å²) in [4.78, 5) is 11.8. The van der Waals surface area contributed by atoms with Crippen LogP contribution in [0.2, 0.25) is 0 Å². The molecule has 0 saturated carbocycles. The predicted octanol–water partition coefficient (Wildman–Crippen LogP) is 3.88. The van der Waals surface area contributed by atoms with Gasteiger partial charge in [0.05, 0.1) is 17.2 Å². The lowest BCUT2D eigenvalue weighted by Crippen LogP contribution is -2.18. The molecule has 0 saturated heterocycles. The minimum absolute atomic E-state index is 0.0476. The highest BCUT2D eigenvalue weighted by Crippen LogP contribution is 2.31. The summed E-state index contributed by atoms with van der Waals surface area (Å²) in [6.45, 7) is 5.70. The Morgan fingerprint density at radius 1 is 1.30 bits per heavy atom. The number of anilines is 1. The zero-order valence-electron chi connectivity index (χ0n) is 11.6. The van der Waals surface area contributed by atoms with Gasteiger partial charge in [0.2, 0.25) is 0 Å². The van der Waals surface area contributed by atoms with Crippen molar-refractivity contribution in [3.8, 4) is 0 Å². The lowest BCUT2D eigenvalue weighted by atomic mass is 10.1. The van der Waals surface area contributed by atoms with Gasteiger partial charge in [-0.3, -0.25) is 0 Å². The molecule has 0 radical (unpaired) electrons. The van der Waals surface area contributed by atoms with Crippen LogP contribution in [0.4, 0.5) is 18.9 Å². The fraction of sp³-hybridized carbons (Fsp3) is 0.500. The molecular weight excluding hydrogens is 271 g/mol. The quantitative estimate of drug-likeness (QED) is 0.676. The molecule has 0 fully saturated rings. The largest absolute Gasteiger partial charge is 0.459 e. The van der Waals surface area contributed by atoms with Crippen molar-refractivity contribution in [1.29, 1.82) is 0 Å². The minimum Gasteiger partial charge on any atom is -0.459 e. The maximum absolute atomic E-state index is 12.5. The number of nitrogens with two attached hydrogens (primary N) is 1. The molecule has 0 aliphatic rings. The van der Waals surface area contributed by atoms with Gasteiger partial charge in [-0.25, -0.2) is 4.79 Å². The number of hydrogen-bond acceptors (Lipinski definition) is 3. The Morgan fingerprint density at radius 3 is 2.35 bits per heavy atom. The van der Waals surface area contributed by atoms with Crippen molar-refractivity contribution >= 4 is 11.7 Å². The molecule has 0 aromatic heterocycles. The maximum atomic E-state index is 12.5. The van der Waals surface area contributed by atoms with Gasteiger partial charge in [-0.1, -0.05) is 13.8 Å². The highest BCUT2D eigenvalue weighted by molar-refractivity contribution is 5.95. The van der Waals surface area contributed by atoms with Crippen LogP contribution in [-0.2, 0) is 10.9 Å². The number of benzene rings is 1. The smallest absolute Gasteiger partial charge is 0.416 e. The van der Waals surface area contributed by atoms with Crippen molar-refractivity contribution in [3.63, 3.8) is 0 Å². The average Bonchev–Trinajstić information content (AvgIpc) is 2.25. The summed E-state index contributed by atoms with van der Waals surface area (Å²) in [5.74, 6) is -0.355. The third-order valence-electron chi connectivity index (χ3n) is 2.71. The molecule has 1 atom stereocenters. The van der Waals surface area contributed by atoms with Crippen LogP contribution >= 0.6 is 0 Å². The van der Waals surface area contributed by atoms with E-state index in [-0.39, 0.29) is 17.4 Å². The lowest BCUT2D eigenvalue weighted by molar-refractivity contribution is -0.137. The van der Waals surface area contributed by atoms with Crippen LogP contribution in [0.1, 0.15) is 43.1 Å². The fourth-order valence-corrected chi connectivity index (χ4v) is 1.88. The van der Waals surface area contributed by atoms with E-state index in [1.165, 1.54) is 0 Å². The average molecular weight is 289 g/mol. The maximum Gasteiger partial charge on any atom is 0.416 e. The summed E-state index contributed by atoms with van der Waals surface area (Å²) in [6.07, 6.45) is -4.13. The number of rotatable bonds is 4. The van der Waals surface area contributed by atoms with Crippen LogP contribution < -0.4 is 5.73 Å². The first-order chi connectivity index (χ1) is 9.11. The molecule has 0 aliphatic heterocycles. The van der Waals surface area contributed by atoms with Crippen molar-refractivity contribution in [1.82, 2.24) is 0 Å². The molecule has 1 aromatic rings. The molecule has 0 amide bonds. The van der Waals surface area contributed by atoms with Gasteiger partial charge in [-0.2, -0.15) is 13.2 Å². The number of halogens is 3. The Balaban J connectivity index is 2.84. The topological polar surface area (TPSA) is 52.3 Å². The Hall–Kier alpha value is -1.72. The summed E-state index contributed by atoms with van der Waals surface area (Å²) >= 11 is 0. The van der Waals surface area contributed by atoms with Gasteiger partial charge in [0.1, 0.15) is 0 Å². The third-order valence-corrected chi connectivity index (χ3v) is 2.71. The van der Waals surface area contributed by atoms with Crippen LogP contribution in [0.3, 0.4) is 0 Å². The predicted molar refractivity (Wildman–Crippen MR) is 70.2 cm³/mol. The molecule has 0 bridgehead atoms. The number of esters is 1. The van der Waals surface area contributed by atoms with E-state index in [4.69, 9.17) is 10.5 Å². The second-order valence-corrected chi connectivity index (χ2v) is 5.15. The molecular formula is C14H18F3NO2. The second-order valence-electron chi connectivity index (χ2n) is 5.15. The van der Waals surface area contributed by atoms with E-state index in [0.717, 1.165) is 18.2 Å². The normalized spacial score (nSPS) is 13.3. The molecule has 1 unspecified atom stereocenters. The Labute approximate surface area is 115 Å². The number of ether oxygens (including phenoxy) is 1. The zero-order chi connectivity index (χ0) is 15.5. The zero-order valence-corrected chi connectivity index (χ0v) is 11.6. The molecule has 0 spiro atoms. The number of carbonyl (C=O) groups is 1. The number of alkyl halides is 3. The summed E-state index contributed by atoms with van der Waals surface area (Å²) in [5.41, 5.74) is 4.33. The molecule has 112 valence electrons. The summed E-state index contributed by atoms with van der Waals surface area (Å²) in [7, 11) is 0. The molecule has 3 nitrogen and oxygen atoms in total. The molecule has 0 heterocycles. The SMILES string of the molecule is CC(C)CC(C)OC(=O)c1ccc(C(F)(F)F)cc1N. The number of carbonyl (C=O) groups excluding carboxylic acids is 1.